The average molecular weight is 262 g/mol. The third-order valence-electron chi connectivity index (χ3n) is 3.73. The van der Waals surface area contributed by atoms with Gasteiger partial charge in [-0.25, -0.2) is 0 Å². The van der Waals surface area contributed by atoms with Crippen molar-refractivity contribution in [1.29, 1.82) is 0 Å². The van der Waals surface area contributed by atoms with Gasteiger partial charge < -0.3 is 14.5 Å². The smallest absolute Gasteiger partial charge is 0.119 e. The van der Waals surface area contributed by atoms with Crippen LogP contribution in [0.4, 0.5) is 0 Å². The van der Waals surface area contributed by atoms with Crippen LogP contribution < -0.4 is 4.74 Å². The first-order valence-electron chi connectivity index (χ1n) is 7.43. The minimum Gasteiger partial charge on any atom is -0.492 e. The molecule has 1 heterocycles. The van der Waals surface area contributed by atoms with Gasteiger partial charge in [-0.05, 0) is 45.1 Å². The number of ether oxygens (including phenoxy) is 1. The quantitative estimate of drug-likeness (QED) is 0.751. The van der Waals surface area contributed by atoms with Gasteiger partial charge in [0, 0.05) is 19.6 Å². The predicted octanol–water partition coefficient (Wildman–Crippen LogP) is 2.48. The van der Waals surface area contributed by atoms with Crippen LogP contribution in [0.1, 0.15) is 19.3 Å². The molecule has 2 rings (SSSR count). The van der Waals surface area contributed by atoms with Gasteiger partial charge in [-0.3, -0.25) is 0 Å². The molecule has 3 heteroatoms. The van der Waals surface area contributed by atoms with Crippen LogP contribution in [0.3, 0.4) is 0 Å². The van der Waals surface area contributed by atoms with Crippen molar-refractivity contribution in [3.8, 4) is 5.75 Å². The minimum absolute atomic E-state index is 0.764. The molecule has 1 saturated heterocycles. The maximum atomic E-state index is 5.71. The molecule has 0 saturated carbocycles. The highest BCUT2D eigenvalue weighted by molar-refractivity contribution is 5.20. The van der Waals surface area contributed by atoms with Crippen molar-refractivity contribution in [3.63, 3.8) is 0 Å². The van der Waals surface area contributed by atoms with Gasteiger partial charge in [0.15, 0.2) is 0 Å². The highest BCUT2D eigenvalue weighted by Gasteiger charge is 2.10. The normalized spacial score (nSPS) is 16.7. The lowest BCUT2D eigenvalue weighted by Gasteiger charge is -2.28. The molecule has 0 aliphatic carbocycles. The zero-order valence-electron chi connectivity index (χ0n) is 12.1. The Bertz CT molecular complexity index is 336. The first kappa shape index (κ1) is 14.4. The summed E-state index contributed by atoms with van der Waals surface area (Å²) in [4.78, 5) is 4.94. The molecule has 3 nitrogen and oxygen atoms in total. The minimum atomic E-state index is 0.764. The Kier molecular flexibility index (Phi) is 6.18. The maximum absolute atomic E-state index is 5.71. The maximum Gasteiger partial charge on any atom is 0.119 e. The van der Waals surface area contributed by atoms with Crippen molar-refractivity contribution < 1.29 is 4.74 Å². The first-order valence-corrected chi connectivity index (χ1v) is 7.43. The molecule has 0 bridgehead atoms. The summed E-state index contributed by atoms with van der Waals surface area (Å²) in [6, 6.07) is 10.0. The molecule has 1 aromatic rings. The van der Waals surface area contributed by atoms with Crippen molar-refractivity contribution >= 4 is 0 Å². The zero-order chi connectivity index (χ0) is 13.3. The van der Waals surface area contributed by atoms with Crippen LogP contribution in [-0.2, 0) is 0 Å². The Hall–Kier alpha value is -1.06. The molecule has 1 fully saturated rings. The summed E-state index contributed by atoms with van der Waals surface area (Å²) >= 11 is 0. The highest BCUT2D eigenvalue weighted by atomic mass is 16.5. The van der Waals surface area contributed by atoms with E-state index in [4.69, 9.17) is 4.74 Å². The number of likely N-dealkylation sites (N-methyl/N-ethyl adjacent to an activating group) is 1. The van der Waals surface area contributed by atoms with E-state index in [2.05, 4.69) is 16.8 Å². The molecule has 0 atom stereocenters. The fourth-order valence-corrected chi connectivity index (χ4v) is 2.44. The van der Waals surface area contributed by atoms with E-state index < -0.39 is 0 Å². The Morgan fingerprint density at radius 1 is 1.05 bits per heavy atom. The van der Waals surface area contributed by atoms with Crippen molar-refractivity contribution in [2.24, 2.45) is 0 Å². The van der Waals surface area contributed by atoms with E-state index in [1.807, 2.05) is 30.3 Å². The molecular weight excluding hydrogens is 236 g/mol. The summed E-state index contributed by atoms with van der Waals surface area (Å²) in [7, 11) is 2.18. The Morgan fingerprint density at radius 3 is 2.53 bits per heavy atom. The van der Waals surface area contributed by atoms with Crippen LogP contribution in [0.5, 0.6) is 5.75 Å². The first-order chi connectivity index (χ1) is 9.34. The summed E-state index contributed by atoms with van der Waals surface area (Å²) in [5.74, 6) is 0.965. The molecular formula is C16H26N2O. The lowest BCUT2D eigenvalue weighted by molar-refractivity contribution is 0.181. The van der Waals surface area contributed by atoms with Crippen LogP contribution in [-0.4, -0.2) is 56.2 Å². The summed E-state index contributed by atoms with van der Waals surface area (Å²) in [5.41, 5.74) is 0. The standard InChI is InChI=1S/C16H26N2O/c1-17(12-13-18-10-6-3-7-11-18)14-15-19-16-8-4-2-5-9-16/h2,4-5,8-9H,3,6-7,10-15H2,1H3. The van der Waals surface area contributed by atoms with E-state index in [1.165, 1.54) is 38.9 Å². The Morgan fingerprint density at radius 2 is 1.79 bits per heavy atom. The number of piperidine rings is 1. The van der Waals surface area contributed by atoms with Gasteiger partial charge in [-0.1, -0.05) is 24.6 Å². The highest BCUT2D eigenvalue weighted by Crippen LogP contribution is 2.09. The third-order valence-corrected chi connectivity index (χ3v) is 3.73. The largest absolute Gasteiger partial charge is 0.492 e. The Balaban J connectivity index is 1.55. The van der Waals surface area contributed by atoms with Gasteiger partial charge >= 0.3 is 0 Å². The van der Waals surface area contributed by atoms with Gasteiger partial charge in [0.25, 0.3) is 0 Å². The van der Waals surface area contributed by atoms with Crippen molar-refractivity contribution in [2.45, 2.75) is 19.3 Å². The van der Waals surface area contributed by atoms with E-state index >= 15 is 0 Å². The number of hydrogen-bond donors (Lipinski definition) is 0. The monoisotopic (exact) mass is 262 g/mol. The molecule has 1 aromatic carbocycles. The molecule has 0 aromatic heterocycles. The second-order valence-electron chi connectivity index (χ2n) is 5.37. The van der Waals surface area contributed by atoms with Gasteiger partial charge in [0.05, 0.1) is 0 Å². The fraction of sp³-hybridized carbons (Fsp3) is 0.625. The molecule has 1 aliphatic rings. The number of benzene rings is 1. The van der Waals surface area contributed by atoms with Crippen LogP contribution in [0, 0.1) is 0 Å². The van der Waals surface area contributed by atoms with Gasteiger partial charge in [0.2, 0.25) is 0 Å². The number of likely N-dealkylation sites (tertiary alicyclic amines) is 1. The third kappa shape index (κ3) is 5.62. The topological polar surface area (TPSA) is 15.7 Å². The van der Waals surface area contributed by atoms with E-state index in [-0.39, 0.29) is 0 Å². The van der Waals surface area contributed by atoms with Crippen molar-refractivity contribution in [2.75, 3.05) is 46.4 Å². The molecule has 1 aliphatic heterocycles. The van der Waals surface area contributed by atoms with E-state index in [9.17, 15) is 0 Å². The molecule has 0 N–H and O–H groups in total. The van der Waals surface area contributed by atoms with Gasteiger partial charge in [-0.15, -0.1) is 0 Å². The fourth-order valence-electron chi connectivity index (χ4n) is 2.44. The molecule has 0 spiro atoms. The molecule has 106 valence electrons. The van der Waals surface area contributed by atoms with Gasteiger partial charge in [0.1, 0.15) is 12.4 Å². The van der Waals surface area contributed by atoms with Crippen LogP contribution in [0.15, 0.2) is 30.3 Å². The molecule has 19 heavy (non-hydrogen) atoms. The second kappa shape index (κ2) is 8.18. The summed E-state index contributed by atoms with van der Waals surface area (Å²) in [6.45, 7) is 6.66. The molecule has 0 amide bonds. The summed E-state index contributed by atoms with van der Waals surface area (Å²) in [5, 5.41) is 0. The van der Waals surface area contributed by atoms with Crippen LogP contribution in [0.25, 0.3) is 0 Å². The van der Waals surface area contributed by atoms with Crippen LogP contribution >= 0.6 is 0 Å². The van der Waals surface area contributed by atoms with Crippen LogP contribution in [0.2, 0.25) is 0 Å². The van der Waals surface area contributed by atoms with E-state index in [0.29, 0.717) is 0 Å². The average Bonchev–Trinajstić information content (AvgIpc) is 2.47. The summed E-state index contributed by atoms with van der Waals surface area (Å²) < 4.78 is 5.71. The van der Waals surface area contributed by atoms with E-state index in [1.54, 1.807) is 0 Å². The second-order valence-corrected chi connectivity index (χ2v) is 5.37. The lowest BCUT2D eigenvalue weighted by Crippen LogP contribution is -2.37. The van der Waals surface area contributed by atoms with E-state index in [0.717, 1.165) is 25.4 Å². The number of hydrogen-bond acceptors (Lipinski definition) is 3. The zero-order valence-corrected chi connectivity index (χ0v) is 12.1. The summed E-state index contributed by atoms with van der Waals surface area (Å²) in [6.07, 6.45) is 4.17. The lowest BCUT2D eigenvalue weighted by atomic mass is 10.1. The predicted molar refractivity (Wildman–Crippen MR) is 79.7 cm³/mol. The molecule has 0 radical (unpaired) electrons. The number of rotatable bonds is 7. The molecule has 0 unspecified atom stereocenters. The number of para-hydroxylation sites is 1. The number of nitrogens with zero attached hydrogens (tertiary/aromatic N) is 2. The van der Waals surface area contributed by atoms with Crippen molar-refractivity contribution in [3.05, 3.63) is 30.3 Å². The van der Waals surface area contributed by atoms with Crippen molar-refractivity contribution in [1.82, 2.24) is 9.80 Å². The van der Waals surface area contributed by atoms with Gasteiger partial charge in [-0.2, -0.15) is 0 Å². The SMILES string of the molecule is CN(CCOc1ccccc1)CCN1CCCCC1. The Labute approximate surface area is 117 Å².